The summed E-state index contributed by atoms with van der Waals surface area (Å²) in [5.74, 6) is -0.370. The Bertz CT molecular complexity index is 838. The number of benzene rings is 1. The van der Waals surface area contributed by atoms with Crippen molar-refractivity contribution in [2.75, 3.05) is 5.32 Å². The van der Waals surface area contributed by atoms with Crippen LogP contribution in [0.25, 0.3) is 10.6 Å². The lowest BCUT2D eigenvalue weighted by molar-refractivity contribution is 0.100. The highest BCUT2D eigenvalue weighted by Gasteiger charge is 2.13. The molecule has 2 heterocycles. The average Bonchev–Trinajstić information content (AvgIpc) is 3.03. The number of hydrogen-bond donors (Lipinski definition) is 2. The molecule has 0 aliphatic rings. The molecule has 9 heteroatoms. The Morgan fingerprint density at radius 2 is 1.96 bits per heavy atom. The van der Waals surface area contributed by atoms with Crippen LogP contribution in [0.5, 0.6) is 0 Å². The Balaban J connectivity index is 1.75. The Hall–Kier alpha value is -2.58. The predicted octanol–water partition coefficient (Wildman–Crippen LogP) is 2.36. The maximum absolute atomic E-state index is 11.4. The molecule has 0 spiro atoms. The smallest absolute Gasteiger partial charge is 0.252 e. The highest BCUT2D eigenvalue weighted by atomic mass is 35.5. The van der Waals surface area contributed by atoms with Gasteiger partial charge in [0.15, 0.2) is 11.0 Å². The van der Waals surface area contributed by atoms with E-state index in [4.69, 9.17) is 17.3 Å². The first-order valence-corrected chi connectivity index (χ1v) is 7.77. The van der Waals surface area contributed by atoms with Gasteiger partial charge in [0.05, 0.1) is 12.1 Å². The fourth-order valence-corrected chi connectivity index (χ4v) is 2.80. The van der Waals surface area contributed by atoms with Crippen molar-refractivity contribution in [3.63, 3.8) is 0 Å². The molecule has 0 saturated heterocycles. The van der Waals surface area contributed by atoms with Gasteiger partial charge < -0.3 is 11.1 Å². The molecule has 1 aromatic carbocycles. The zero-order valence-corrected chi connectivity index (χ0v) is 13.3. The second-order valence-corrected chi connectivity index (χ2v) is 5.96. The highest BCUT2D eigenvalue weighted by Crippen LogP contribution is 2.23. The molecule has 3 rings (SSSR count). The Morgan fingerprint density at radius 3 is 2.70 bits per heavy atom. The second kappa shape index (κ2) is 6.67. The standard InChI is InChI=1S/C14H11ClN6OS/c15-10-6-9(12(16)22)13(20-18-10)17-7-11-19-21-14(23-11)8-4-2-1-3-5-8/h1-6H,7H2,(H2,16,22)(H,17,20). The molecule has 7 nitrogen and oxygen atoms in total. The molecule has 0 bridgehead atoms. The van der Waals surface area contributed by atoms with Crippen LogP contribution in [0.3, 0.4) is 0 Å². The summed E-state index contributed by atoms with van der Waals surface area (Å²) >= 11 is 7.17. The molecule has 2 aromatic heterocycles. The predicted molar refractivity (Wildman–Crippen MR) is 88.2 cm³/mol. The molecule has 1 amide bonds. The minimum atomic E-state index is -0.633. The molecule has 0 aliphatic heterocycles. The van der Waals surface area contributed by atoms with Crippen molar-refractivity contribution in [3.05, 3.63) is 52.1 Å². The minimum Gasteiger partial charge on any atom is -0.365 e. The van der Waals surface area contributed by atoms with Crippen molar-refractivity contribution in [1.29, 1.82) is 0 Å². The van der Waals surface area contributed by atoms with Crippen molar-refractivity contribution in [1.82, 2.24) is 20.4 Å². The van der Waals surface area contributed by atoms with E-state index in [1.807, 2.05) is 30.3 Å². The molecule has 0 saturated carbocycles. The average molecular weight is 347 g/mol. The number of carbonyl (C=O) groups excluding carboxylic acids is 1. The summed E-state index contributed by atoms with van der Waals surface area (Å²) in [7, 11) is 0. The van der Waals surface area contributed by atoms with Crippen molar-refractivity contribution < 1.29 is 4.79 Å². The number of hydrogen-bond acceptors (Lipinski definition) is 7. The first-order valence-electron chi connectivity index (χ1n) is 6.58. The van der Waals surface area contributed by atoms with Crippen molar-refractivity contribution in [3.8, 4) is 10.6 Å². The zero-order chi connectivity index (χ0) is 16.2. The summed E-state index contributed by atoms with van der Waals surface area (Å²) in [6.45, 7) is 0.348. The first-order chi connectivity index (χ1) is 11.1. The molecule has 0 aliphatic carbocycles. The van der Waals surface area contributed by atoms with Crippen molar-refractivity contribution in [2.45, 2.75) is 6.54 Å². The quantitative estimate of drug-likeness (QED) is 0.734. The third kappa shape index (κ3) is 3.61. The Kier molecular flexibility index (Phi) is 4.45. The van der Waals surface area contributed by atoms with Crippen LogP contribution in [0.2, 0.25) is 5.15 Å². The van der Waals surface area contributed by atoms with E-state index in [1.165, 1.54) is 17.4 Å². The highest BCUT2D eigenvalue weighted by molar-refractivity contribution is 7.14. The van der Waals surface area contributed by atoms with Gasteiger partial charge in [0.25, 0.3) is 5.91 Å². The van der Waals surface area contributed by atoms with Gasteiger partial charge in [0.1, 0.15) is 10.0 Å². The molecule has 3 N–H and O–H groups in total. The van der Waals surface area contributed by atoms with Gasteiger partial charge in [-0.15, -0.1) is 20.4 Å². The van der Waals surface area contributed by atoms with Crippen molar-refractivity contribution in [2.24, 2.45) is 5.73 Å². The van der Waals surface area contributed by atoms with Crippen LogP contribution in [0.4, 0.5) is 5.82 Å². The van der Waals surface area contributed by atoms with Gasteiger partial charge in [-0.25, -0.2) is 0 Å². The number of primary amides is 1. The number of carbonyl (C=O) groups is 1. The van der Waals surface area contributed by atoms with Gasteiger partial charge in [0, 0.05) is 5.56 Å². The third-order valence-corrected chi connectivity index (χ3v) is 4.08. The van der Waals surface area contributed by atoms with E-state index in [-0.39, 0.29) is 16.5 Å². The molecule has 23 heavy (non-hydrogen) atoms. The molecule has 0 fully saturated rings. The summed E-state index contributed by atoms with van der Waals surface area (Å²) in [6.07, 6.45) is 0. The summed E-state index contributed by atoms with van der Waals surface area (Å²) in [6, 6.07) is 11.1. The monoisotopic (exact) mass is 346 g/mol. The molecule has 0 unspecified atom stereocenters. The lowest BCUT2D eigenvalue weighted by Gasteiger charge is -2.06. The number of halogens is 1. The number of nitrogens with two attached hydrogens (primary N) is 1. The summed E-state index contributed by atoms with van der Waals surface area (Å²) < 4.78 is 0. The molecular weight excluding hydrogens is 336 g/mol. The first kappa shape index (κ1) is 15.3. The van der Waals surface area contributed by atoms with E-state index < -0.39 is 5.91 Å². The van der Waals surface area contributed by atoms with Gasteiger partial charge >= 0.3 is 0 Å². The SMILES string of the molecule is NC(=O)c1cc(Cl)nnc1NCc1nnc(-c2ccccc2)s1. The summed E-state index contributed by atoms with van der Waals surface area (Å²) in [5.41, 5.74) is 6.48. The maximum atomic E-state index is 11.4. The maximum Gasteiger partial charge on any atom is 0.252 e. The summed E-state index contributed by atoms with van der Waals surface area (Å²) in [5, 5.41) is 20.5. The Morgan fingerprint density at radius 1 is 1.17 bits per heavy atom. The largest absolute Gasteiger partial charge is 0.365 e. The molecule has 0 atom stereocenters. The molecule has 3 aromatic rings. The molecule has 116 valence electrons. The fourth-order valence-electron chi connectivity index (χ4n) is 1.87. The van der Waals surface area contributed by atoms with Crippen LogP contribution in [0.1, 0.15) is 15.4 Å². The van der Waals surface area contributed by atoms with E-state index in [2.05, 4.69) is 25.7 Å². The van der Waals surface area contributed by atoms with E-state index in [1.54, 1.807) is 0 Å². The fraction of sp³-hybridized carbons (Fsp3) is 0.0714. The van der Waals surface area contributed by atoms with Crippen LogP contribution in [0.15, 0.2) is 36.4 Å². The van der Waals surface area contributed by atoms with E-state index >= 15 is 0 Å². The van der Waals surface area contributed by atoms with E-state index in [0.717, 1.165) is 15.6 Å². The number of nitrogens with one attached hydrogen (secondary N) is 1. The number of aromatic nitrogens is 4. The van der Waals surface area contributed by atoms with Crippen LogP contribution in [0, 0.1) is 0 Å². The number of rotatable bonds is 5. The van der Waals surface area contributed by atoms with Crippen LogP contribution >= 0.6 is 22.9 Å². The number of nitrogens with zero attached hydrogens (tertiary/aromatic N) is 4. The molecule has 0 radical (unpaired) electrons. The lowest BCUT2D eigenvalue weighted by Crippen LogP contribution is -2.16. The molecular formula is C14H11ClN6OS. The van der Waals surface area contributed by atoms with Gasteiger partial charge in [-0.1, -0.05) is 53.3 Å². The van der Waals surface area contributed by atoms with Crippen LogP contribution < -0.4 is 11.1 Å². The van der Waals surface area contributed by atoms with E-state index in [0.29, 0.717) is 6.54 Å². The van der Waals surface area contributed by atoms with Gasteiger partial charge in [-0.3, -0.25) is 4.79 Å². The third-order valence-electron chi connectivity index (χ3n) is 2.92. The number of amides is 1. The van der Waals surface area contributed by atoms with Gasteiger partial charge in [0.2, 0.25) is 0 Å². The lowest BCUT2D eigenvalue weighted by atomic mass is 10.2. The minimum absolute atomic E-state index is 0.103. The van der Waals surface area contributed by atoms with Crippen LogP contribution in [-0.4, -0.2) is 26.3 Å². The summed E-state index contributed by atoms with van der Waals surface area (Å²) in [4.78, 5) is 11.4. The normalized spacial score (nSPS) is 10.5. The number of anilines is 1. The van der Waals surface area contributed by atoms with E-state index in [9.17, 15) is 4.79 Å². The zero-order valence-electron chi connectivity index (χ0n) is 11.7. The topological polar surface area (TPSA) is 107 Å². The van der Waals surface area contributed by atoms with Crippen molar-refractivity contribution >= 4 is 34.7 Å². The Labute approximate surface area is 140 Å². The van der Waals surface area contributed by atoms with Crippen LogP contribution in [-0.2, 0) is 6.54 Å². The van der Waals surface area contributed by atoms with Gasteiger partial charge in [-0.2, -0.15) is 0 Å². The second-order valence-electron chi connectivity index (χ2n) is 4.51. The van der Waals surface area contributed by atoms with Gasteiger partial charge in [-0.05, 0) is 6.07 Å².